The van der Waals surface area contributed by atoms with Crippen LogP contribution in [0.4, 0.5) is 0 Å². The lowest BCUT2D eigenvalue weighted by Gasteiger charge is -2.33. The van der Waals surface area contributed by atoms with Crippen molar-refractivity contribution in [1.82, 2.24) is 5.01 Å². The van der Waals surface area contributed by atoms with E-state index in [-0.39, 0.29) is 5.78 Å². The molecule has 1 fully saturated rings. The molecule has 0 amide bonds. The molecule has 0 aliphatic carbocycles. The average molecular weight is 432 g/mol. The third kappa shape index (κ3) is 3.00. The maximum Gasteiger partial charge on any atom is 0.187 e. The number of ketones is 1. The van der Waals surface area contributed by atoms with Crippen LogP contribution in [-0.2, 0) is 0 Å². The van der Waals surface area contributed by atoms with Crippen LogP contribution in [0.25, 0.3) is 0 Å². The van der Waals surface area contributed by atoms with Crippen molar-refractivity contribution in [2.75, 3.05) is 7.11 Å². The Kier molecular flexibility index (Phi) is 4.92. The Labute approximate surface area is 192 Å². The highest BCUT2D eigenvalue weighted by molar-refractivity contribution is 6.02. The minimum absolute atomic E-state index is 0.194. The van der Waals surface area contributed by atoms with Crippen molar-refractivity contribution < 1.29 is 9.53 Å². The number of hydrazone groups is 1. The second-order valence-corrected chi connectivity index (χ2v) is 8.17. The molecule has 2 aliphatic heterocycles. The molecule has 0 saturated carbocycles. The van der Waals surface area contributed by atoms with Gasteiger partial charge in [-0.15, -0.1) is 0 Å². The molecule has 6 nitrogen and oxygen atoms in total. The summed E-state index contributed by atoms with van der Waals surface area (Å²) in [6, 6.07) is 26.9. The fourth-order valence-corrected chi connectivity index (χ4v) is 5.06. The van der Waals surface area contributed by atoms with E-state index in [1.165, 1.54) is 0 Å². The molecule has 0 bridgehead atoms. The van der Waals surface area contributed by atoms with Crippen LogP contribution >= 0.6 is 0 Å². The summed E-state index contributed by atoms with van der Waals surface area (Å²) in [4.78, 5) is 13.9. The third-order valence-electron chi connectivity index (χ3n) is 6.58. The molecular formula is C27H20N4O2. The van der Waals surface area contributed by atoms with Gasteiger partial charge in [0.15, 0.2) is 11.2 Å². The van der Waals surface area contributed by atoms with Gasteiger partial charge in [-0.25, -0.2) is 0 Å². The monoisotopic (exact) mass is 432 g/mol. The second kappa shape index (κ2) is 7.93. The Balaban J connectivity index is 1.74. The molecule has 3 aromatic carbocycles. The van der Waals surface area contributed by atoms with Crippen molar-refractivity contribution in [3.63, 3.8) is 0 Å². The van der Waals surface area contributed by atoms with Crippen molar-refractivity contribution in [2.45, 2.75) is 18.0 Å². The molecule has 33 heavy (non-hydrogen) atoms. The normalized spacial score (nSPS) is 21.9. The van der Waals surface area contributed by atoms with E-state index in [4.69, 9.17) is 4.74 Å². The Morgan fingerprint density at radius 3 is 2.30 bits per heavy atom. The molecule has 6 heteroatoms. The molecule has 3 aromatic rings. The zero-order chi connectivity index (χ0) is 23.0. The van der Waals surface area contributed by atoms with Gasteiger partial charge >= 0.3 is 0 Å². The first kappa shape index (κ1) is 20.5. The van der Waals surface area contributed by atoms with Crippen molar-refractivity contribution in [3.8, 4) is 17.9 Å². The molecule has 0 spiro atoms. The predicted octanol–water partition coefficient (Wildman–Crippen LogP) is 4.47. The first-order valence-corrected chi connectivity index (χ1v) is 10.6. The minimum atomic E-state index is -1.51. The van der Waals surface area contributed by atoms with Crippen LogP contribution in [0.15, 0.2) is 84.0 Å². The average Bonchev–Trinajstić information content (AvgIpc) is 3.20. The number of methoxy groups -OCH3 is 1. The number of hydrogen-bond acceptors (Lipinski definition) is 6. The molecule has 2 heterocycles. The Bertz CT molecular complexity index is 1300. The summed E-state index contributed by atoms with van der Waals surface area (Å²) in [5.74, 6) is -0.249. The van der Waals surface area contributed by atoms with Gasteiger partial charge in [-0.2, -0.15) is 15.6 Å². The number of nitrogens with zero attached hydrogens (tertiary/aromatic N) is 4. The smallest absolute Gasteiger partial charge is 0.187 e. The first-order valence-electron chi connectivity index (χ1n) is 10.6. The van der Waals surface area contributed by atoms with Crippen LogP contribution in [0, 0.1) is 28.1 Å². The van der Waals surface area contributed by atoms with Crippen molar-refractivity contribution in [3.05, 3.63) is 101 Å². The predicted molar refractivity (Wildman–Crippen MR) is 123 cm³/mol. The maximum atomic E-state index is 13.9. The van der Waals surface area contributed by atoms with Gasteiger partial charge in [0.05, 0.1) is 25.5 Å². The summed E-state index contributed by atoms with van der Waals surface area (Å²) >= 11 is 0. The molecule has 2 aliphatic rings. The summed E-state index contributed by atoms with van der Waals surface area (Å²) in [6.45, 7) is 0. The molecule has 1 saturated heterocycles. The lowest BCUT2D eigenvalue weighted by Crippen LogP contribution is -2.38. The molecular weight excluding hydrogens is 412 g/mol. The minimum Gasteiger partial charge on any atom is -0.497 e. The number of ether oxygens (including phenoxy) is 1. The molecule has 0 radical (unpaired) electrons. The zero-order valence-electron chi connectivity index (χ0n) is 17.9. The topological polar surface area (TPSA) is 89.5 Å². The number of Topliss-reactive ketones (excluding diaryl/α,β-unsaturated/α-hetero) is 1. The first-order chi connectivity index (χ1) is 16.1. The van der Waals surface area contributed by atoms with Gasteiger partial charge in [0, 0.05) is 11.5 Å². The molecule has 0 aromatic heterocycles. The Morgan fingerprint density at radius 1 is 0.970 bits per heavy atom. The highest BCUT2D eigenvalue weighted by Gasteiger charge is 2.64. The van der Waals surface area contributed by atoms with Gasteiger partial charge in [0.2, 0.25) is 0 Å². The zero-order valence-corrected chi connectivity index (χ0v) is 17.9. The maximum absolute atomic E-state index is 13.9. The van der Waals surface area contributed by atoms with Crippen LogP contribution in [0.1, 0.15) is 39.0 Å². The Morgan fingerprint density at radius 2 is 1.64 bits per heavy atom. The summed E-state index contributed by atoms with van der Waals surface area (Å²) in [5.41, 5.74) is 1.39. The van der Waals surface area contributed by atoms with E-state index >= 15 is 0 Å². The van der Waals surface area contributed by atoms with E-state index < -0.39 is 23.4 Å². The second-order valence-electron chi connectivity index (χ2n) is 8.17. The fourth-order valence-electron chi connectivity index (χ4n) is 5.06. The number of nitriles is 2. The molecule has 0 N–H and O–H groups in total. The van der Waals surface area contributed by atoms with E-state index in [0.717, 1.165) is 16.7 Å². The van der Waals surface area contributed by atoms with Crippen LogP contribution in [0.2, 0.25) is 0 Å². The van der Waals surface area contributed by atoms with Gasteiger partial charge in [-0.05, 0) is 41.0 Å². The quantitative estimate of drug-likeness (QED) is 0.568. The van der Waals surface area contributed by atoms with E-state index in [0.29, 0.717) is 11.3 Å². The summed E-state index contributed by atoms with van der Waals surface area (Å²) in [7, 11) is 1.57. The van der Waals surface area contributed by atoms with Crippen LogP contribution in [0.5, 0.6) is 5.75 Å². The highest BCUT2D eigenvalue weighted by Crippen LogP contribution is 2.59. The van der Waals surface area contributed by atoms with Gasteiger partial charge in [-0.1, -0.05) is 54.6 Å². The molecule has 160 valence electrons. The van der Waals surface area contributed by atoms with Crippen LogP contribution in [0.3, 0.4) is 0 Å². The number of benzene rings is 3. The number of hydrogen-bond donors (Lipinski definition) is 0. The number of rotatable bonds is 4. The van der Waals surface area contributed by atoms with Gasteiger partial charge in [-0.3, -0.25) is 9.80 Å². The van der Waals surface area contributed by atoms with E-state index in [9.17, 15) is 15.3 Å². The standard InChI is InChI=1S/C27H20N4O2/c1-33-21-13-11-19(12-14-21)25(32)24-23(18-7-3-2-4-8-18)27(16-28,17-29)26-22-10-6-5-9-20(22)15-30-31(24)26/h2-15,23-24,26H,1H3/t23-,24+,26?/m1/s1. The van der Waals surface area contributed by atoms with E-state index in [1.54, 1.807) is 42.6 Å². The summed E-state index contributed by atoms with van der Waals surface area (Å²) in [6.07, 6.45) is 1.70. The largest absolute Gasteiger partial charge is 0.497 e. The molecule has 1 unspecified atom stereocenters. The van der Waals surface area contributed by atoms with Crippen molar-refractivity contribution >= 4 is 12.0 Å². The van der Waals surface area contributed by atoms with Crippen LogP contribution < -0.4 is 4.74 Å². The summed E-state index contributed by atoms with van der Waals surface area (Å²) in [5, 5.41) is 27.2. The van der Waals surface area contributed by atoms with E-state index in [2.05, 4.69) is 17.2 Å². The highest BCUT2D eigenvalue weighted by atomic mass is 16.5. The lowest BCUT2D eigenvalue weighted by atomic mass is 9.67. The fraction of sp³-hybridized carbons (Fsp3) is 0.185. The lowest BCUT2D eigenvalue weighted by molar-refractivity contribution is 0.0821. The third-order valence-corrected chi connectivity index (χ3v) is 6.58. The molecule has 5 rings (SSSR count). The Hall–Kier alpha value is -4.42. The van der Waals surface area contributed by atoms with Gasteiger partial charge in [0.25, 0.3) is 0 Å². The number of carbonyl (C=O) groups is 1. The number of fused-ring (bicyclic) bond motifs is 3. The van der Waals surface area contributed by atoms with Crippen molar-refractivity contribution in [1.29, 1.82) is 10.5 Å². The van der Waals surface area contributed by atoms with Gasteiger partial charge in [0.1, 0.15) is 17.8 Å². The van der Waals surface area contributed by atoms with Crippen molar-refractivity contribution in [2.24, 2.45) is 10.5 Å². The number of carbonyl (C=O) groups excluding carboxylic acids is 1. The van der Waals surface area contributed by atoms with Gasteiger partial charge < -0.3 is 4.74 Å². The molecule has 3 atom stereocenters. The van der Waals surface area contributed by atoms with E-state index in [1.807, 2.05) is 54.6 Å². The SMILES string of the molecule is COc1ccc(C(=O)[C@@H]2[C@@H](c3ccccc3)C(C#N)(C#N)C3c4ccccc4C=NN32)cc1. The van der Waals surface area contributed by atoms with Crippen LogP contribution in [-0.4, -0.2) is 30.2 Å². The summed E-state index contributed by atoms with van der Waals surface area (Å²) < 4.78 is 5.23.